The molecule has 0 saturated heterocycles. The number of rotatable bonds is 6. The minimum Gasteiger partial charge on any atom is -0.360 e. The maximum Gasteiger partial charge on any atom is 0.283 e. The Morgan fingerprint density at radius 2 is 1.57 bits per heavy atom. The first-order chi connectivity index (χ1) is 10.8. The molecule has 0 spiro atoms. The third-order valence-corrected chi connectivity index (χ3v) is 3.51. The van der Waals surface area contributed by atoms with E-state index in [-0.39, 0.29) is 5.56 Å². The van der Waals surface area contributed by atoms with Crippen LogP contribution >= 0.6 is 9.24 Å². The third kappa shape index (κ3) is 4.93. The van der Waals surface area contributed by atoms with E-state index in [4.69, 9.17) is 0 Å². The van der Waals surface area contributed by atoms with Gasteiger partial charge in [0.2, 0.25) is 0 Å². The molecule has 0 aliphatic heterocycles. The molecule has 2 aromatic rings. The highest BCUT2D eigenvalue weighted by Gasteiger charge is 2.23. The number of alkyl halides is 2. The third-order valence-electron chi connectivity index (χ3n) is 3.18. The first-order valence-electron chi connectivity index (χ1n) is 7.06. The number of nitrogens with one attached hydrogen (secondary N) is 2. The van der Waals surface area contributed by atoms with Gasteiger partial charge in [0.25, 0.3) is 5.66 Å². The summed E-state index contributed by atoms with van der Waals surface area (Å²) in [5.74, 6) is 0. The van der Waals surface area contributed by atoms with Gasteiger partial charge >= 0.3 is 0 Å². The molecular formula is C17H20F2N3P. The molecule has 0 bridgehead atoms. The number of allylic oxidation sites excluding steroid dienone is 1. The molecule has 0 saturated carbocycles. The molecule has 1 unspecified atom stereocenters. The zero-order chi connectivity index (χ0) is 17.0. The average molecular weight is 335 g/mol. The molecule has 0 aliphatic carbocycles. The lowest BCUT2D eigenvalue weighted by molar-refractivity contribution is 0.104. The van der Waals surface area contributed by atoms with Gasteiger partial charge in [0.1, 0.15) is 0 Å². The van der Waals surface area contributed by atoms with Crippen molar-refractivity contribution < 1.29 is 8.78 Å². The average Bonchev–Trinajstić information content (AvgIpc) is 2.48. The van der Waals surface area contributed by atoms with Crippen molar-refractivity contribution in [1.82, 2.24) is 0 Å². The first-order valence-corrected chi connectivity index (χ1v) is 7.63. The van der Waals surface area contributed by atoms with Gasteiger partial charge in [0.15, 0.2) is 0 Å². The monoisotopic (exact) mass is 335 g/mol. The molecule has 0 aromatic heterocycles. The Morgan fingerprint density at radius 1 is 1.04 bits per heavy atom. The predicted octanol–water partition coefficient (Wildman–Crippen LogP) is 5.02. The number of hydrogen-bond acceptors (Lipinski definition) is 3. The van der Waals surface area contributed by atoms with E-state index in [2.05, 4.69) is 17.3 Å². The van der Waals surface area contributed by atoms with E-state index in [1.807, 2.05) is 38.2 Å². The van der Waals surface area contributed by atoms with E-state index in [0.29, 0.717) is 0 Å². The Labute approximate surface area is 137 Å². The number of halogens is 2. The maximum absolute atomic E-state index is 13.2. The second kappa shape index (κ2) is 6.97. The molecule has 0 aliphatic rings. The molecule has 2 aromatic carbocycles. The Bertz CT molecular complexity index is 664. The van der Waals surface area contributed by atoms with Gasteiger partial charge in [-0.25, -0.2) is 0 Å². The number of nitrogens with zero attached hydrogens (tertiary/aromatic N) is 1. The van der Waals surface area contributed by atoms with Crippen molar-refractivity contribution in [3.8, 4) is 0 Å². The molecular weight excluding hydrogens is 315 g/mol. The zero-order valence-electron chi connectivity index (χ0n) is 13.1. The fourth-order valence-electron chi connectivity index (χ4n) is 2.04. The number of anilines is 3. The summed E-state index contributed by atoms with van der Waals surface area (Å²) in [4.78, 5) is 0. The van der Waals surface area contributed by atoms with Crippen LogP contribution in [0.4, 0.5) is 25.8 Å². The van der Waals surface area contributed by atoms with Gasteiger partial charge in [0.05, 0.1) is 11.4 Å². The lowest BCUT2D eigenvalue weighted by Crippen LogP contribution is -2.24. The predicted molar refractivity (Wildman–Crippen MR) is 97.0 cm³/mol. The van der Waals surface area contributed by atoms with Crippen LogP contribution in [0.25, 0.3) is 0 Å². The summed E-state index contributed by atoms with van der Waals surface area (Å²) in [6.07, 6.45) is 0. The van der Waals surface area contributed by atoms with Crippen LogP contribution in [-0.4, -0.2) is 7.05 Å². The van der Waals surface area contributed by atoms with Crippen LogP contribution < -0.4 is 15.8 Å². The van der Waals surface area contributed by atoms with E-state index in [1.54, 1.807) is 26.4 Å². The van der Waals surface area contributed by atoms with E-state index in [0.717, 1.165) is 22.8 Å². The van der Waals surface area contributed by atoms with Crippen molar-refractivity contribution in [2.45, 2.75) is 12.6 Å². The van der Waals surface area contributed by atoms with Crippen molar-refractivity contribution in [3.05, 3.63) is 66.4 Å². The summed E-state index contributed by atoms with van der Waals surface area (Å²) in [5.41, 5.74) is 3.75. The molecule has 2 N–H and O–H groups in total. The van der Waals surface area contributed by atoms with Gasteiger partial charge in [0, 0.05) is 24.0 Å². The van der Waals surface area contributed by atoms with Gasteiger partial charge in [-0.1, -0.05) is 28.0 Å². The topological polar surface area (TPSA) is 27.3 Å². The van der Waals surface area contributed by atoms with Crippen molar-refractivity contribution in [1.29, 1.82) is 0 Å². The lowest BCUT2D eigenvalue weighted by Gasteiger charge is -2.22. The number of benzene rings is 2. The summed E-state index contributed by atoms with van der Waals surface area (Å²) in [7, 11) is 3.37. The molecule has 6 heteroatoms. The molecule has 3 nitrogen and oxygen atoms in total. The van der Waals surface area contributed by atoms with Gasteiger partial charge in [-0.2, -0.15) is 8.78 Å². The molecule has 1 atom stereocenters. The van der Waals surface area contributed by atoms with Crippen LogP contribution in [0.2, 0.25) is 0 Å². The largest absolute Gasteiger partial charge is 0.360 e. The Kier molecular flexibility index (Phi) is 5.22. The van der Waals surface area contributed by atoms with Crippen LogP contribution in [0.15, 0.2) is 60.8 Å². The highest BCUT2D eigenvalue weighted by molar-refractivity contribution is 7.17. The van der Waals surface area contributed by atoms with E-state index < -0.39 is 5.66 Å². The fraction of sp³-hybridized carbons (Fsp3) is 0.176. The summed E-state index contributed by atoms with van der Waals surface area (Å²) in [5, 5.41) is 4.90. The standard InChI is InChI=1S/C17H20F2N3P/c1-12(2)20-14-6-8-15(9-7-14)21-22(3)16-10-4-13(5-11-16)17(18,19)23/h4-11,20-21H,1,23H2,2-3H3. The Balaban J connectivity index is 2.03. The van der Waals surface area contributed by atoms with E-state index in [1.165, 1.54) is 12.1 Å². The first kappa shape index (κ1) is 17.2. The van der Waals surface area contributed by atoms with E-state index in [9.17, 15) is 8.78 Å². The van der Waals surface area contributed by atoms with Crippen molar-refractivity contribution >= 4 is 26.3 Å². The summed E-state index contributed by atoms with van der Waals surface area (Å²) in [6, 6.07) is 13.8. The smallest absolute Gasteiger partial charge is 0.283 e. The summed E-state index contributed by atoms with van der Waals surface area (Å²) in [6.45, 7) is 5.69. The highest BCUT2D eigenvalue weighted by Crippen LogP contribution is 2.35. The van der Waals surface area contributed by atoms with Crippen molar-refractivity contribution in [2.75, 3.05) is 22.8 Å². The molecule has 0 amide bonds. The molecule has 0 heterocycles. The number of hydrazine groups is 1. The van der Waals surface area contributed by atoms with Gasteiger partial charge in [-0.15, -0.1) is 0 Å². The van der Waals surface area contributed by atoms with E-state index >= 15 is 0 Å². The number of hydrogen-bond donors (Lipinski definition) is 2. The van der Waals surface area contributed by atoms with Crippen LogP contribution in [0.3, 0.4) is 0 Å². The normalized spacial score (nSPS) is 11.0. The minimum atomic E-state index is -2.91. The van der Waals surface area contributed by atoms with Crippen LogP contribution in [0, 0.1) is 0 Å². The fourth-order valence-corrected chi connectivity index (χ4v) is 2.23. The quantitative estimate of drug-likeness (QED) is 0.573. The second-order valence-corrected chi connectivity index (χ2v) is 6.05. The maximum atomic E-state index is 13.2. The van der Waals surface area contributed by atoms with Crippen molar-refractivity contribution in [2.24, 2.45) is 0 Å². The SMILES string of the molecule is C=C(C)Nc1ccc(NN(C)c2ccc(C(F)(F)P)cc2)cc1. The second-order valence-electron chi connectivity index (χ2n) is 5.32. The summed E-state index contributed by atoms with van der Waals surface area (Å²) < 4.78 is 26.4. The van der Waals surface area contributed by atoms with Gasteiger partial charge in [-0.3, -0.25) is 10.4 Å². The molecule has 23 heavy (non-hydrogen) atoms. The molecule has 0 radical (unpaired) electrons. The molecule has 0 fully saturated rings. The van der Waals surface area contributed by atoms with Gasteiger partial charge < -0.3 is 5.32 Å². The highest BCUT2D eigenvalue weighted by atomic mass is 31.0. The van der Waals surface area contributed by atoms with Crippen LogP contribution in [-0.2, 0) is 5.66 Å². The zero-order valence-corrected chi connectivity index (χ0v) is 14.3. The molecule has 122 valence electrons. The molecule has 2 rings (SSSR count). The lowest BCUT2D eigenvalue weighted by atomic mass is 10.2. The van der Waals surface area contributed by atoms with Gasteiger partial charge in [-0.05, 0) is 43.3 Å². The van der Waals surface area contributed by atoms with Crippen LogP contribution in [0.1, 0.15) is 12.5 Å². The Morgan fingerprint density at radius 3 is 2.04 bits per heavy atom. The summed E-state index contributed by atoms with van der Waals surface area (Å²) >= 11 is 0. The Hall–Kier alpha value is -2.13. The minimum absolute atomic E-state index is 0.0325. The van der Waals surface area contributed by atoms with Crippen molar-refractivity contribution in [3.63, 3.8) is 0 Å². The van der Waals surface area contributed by atoms with Crippen LogP contribution in [0.5, 0.6) is 0 Å².